The van der Waals surface area contributed by atoms with Crippen LogP contribution in [0.25, 0.3) is 0 Å². The first-order chi connectivity index (χ1) is 14.6. The summed E-state index contributed by atoms with van der Waals surface area (Å²) in [5.74, 6) is 7.49. The van der Waals surface area contributed by atoms with Crippen molar-refractivity contribution < 1.29 is 9.70 Å². The van der Waals surface area contributed by atoms with Crippen LogP contribution in [0.15, 0.2) is 112 Å². The number of hydrogen-bond acceptors (Lipinski definition) is 4. The first-order valence-electron chi connectivity index (χ1n) is 10.1. The van der Waals surface area contributed by atoms with Crippen molar-refractivity contribution in [1.82, 2.24) is 0 Å². The van der Waals surface area contributed by atoms with Gasteiger partial charge in [-0.05, 0) is 29.7 Å². The number of benzene rings is 2. The smallest absolute Gasteiger partial charge is 0.265 e. The third kappa shape index (κ3) is 2.68. The molecule has 0 saturated carbocycles. The SMILES string of the molecule is CCC(O)(c1ccccc1)c1ccc(C2=NC(C3=CC=C3)=C3C=NC=C[N+]23N)cc1. The average molecular weight is 395 g/mol. The van der Waals surface area contributed by atoms with Gasteiger partial charge in [0.05, 0.1) is 18.0 Å². The van der Waals surface area contributed by atoms with Crippen LogP contribution in [-0.4, -0.2) is 21.7 Å². The van der Waals surface area contributed by atoms with Crippen molar-refractivity contribution in [3.8, 4) is 0 Å². The van der Waals surface area contributed by atoms with Gasteiger partial charge in [-0.3, -0.25) is 4.99 Å². The van der Waals surface area contributed by atoms with Gasteiger partial charge in [-0.2, -0.15) is 10.8 Å². The Morgan fingerprint density at radius 1 is 1.03 bits per heavy atom. The molecule has 0 spiro atoms. The summed E-state index contributed by atoms with van der Waals surface area (Å²) >= 11 is 0. The Bertz CT molecular complexity index is 1190. The molecule has 148 valence electrons. The molecule has 0 fully saturated rings. The predicted molar refractivity (Wildman–Crippen MR) is 119 cm³/mol. The van der Waals surface area contributed by atoms with Crippen molar-refractivity contribution in [1.29, 1.82) is 0 Å². The molecule has 5 rings (SSSR count). The third-order valence-corrected chi connectivity index (χ3v) is 6.00. The standard InChI is InChI=1S/C25H23N4O/c1-2-25(30,20-9-4-3-5-10-20)21-13-11-19(12-14-21)24-28-23(18-7-6-8-18)22-17-27-15-16-29(22,24)26/h3-17,30H,2,26H2,1H3/q+1. The number of nitrogens with zero attached hydrogens (tertiary/aromatic N) is 3. The summed E-state index contributed by atoms with van der Waals surface area (Å²) in [6, 6.07) is 17.6. The van der Waals surface area contributed by atoms with Crippen molar-refractivity contribution in [2.75, 3.05) is 0 Å². The highest BCUT2D eigenvalue weighted by molar-refractivity contribution is 6.01. The number of allylic oxidation sites excluding steroid dienone is 4. The minimum absolute atomic E-state index is 0.0138. The molecule has 0 bridgehead atoms. The molecule has 1 aliphatic carbocycles. The molecular formula is C25H23N4O+. The fourth-order valence-electron chi connectivity index (χ4n) is 4.12. The molecule has 3 N–H and O–H groups in total. The highest BCUT2D eigenvalue weighted by atomic mass is 16.3. The van der Waals surface area contributed by atoms with Gasteiger partial charge >= 0.3 is 0 Å². The maximum Gasteiger partial charge on any atom is 0.265 e. The van der Waals surface area contributed by atoms with Crippen LogP contribution >= 0.6 is 0 Å². The van der Waals surface area contributed by atoms with E-state index in [4.69, 9.17) is 10.8 Å². The number of amidine groups is 1. The van der Waals surface area contributed by atoms with Gasteiger partial charge in [-0.15, -0.1) is 4.59 Å². The van der Waals surface area contributed by atoms with Crippen LogP contribution in [-0.2, 0) is 5.60 Å². The first kappa shape index (κ1) is 18.6. The minimum atomic E-state index is -1.04. The molecule has 2 unspecified atom stereocenters. The number of fused-ring (bicyclic) bond motifs is 1. The topological polar surface area (TPSA) is 71.0 Å². The Morgan fingerprint density at radius 3 is 2.37 bits per heavy atom. The second-order valence-electron chi connectivity index (χ2n) is 7.66. The molecule has 5 nitrogen and oxygen atoms in total. The van der Waals surface area contributed by atoms with Gasteiger partial charge in [-0.1, -0.05) is 67.6 Å². The van der Waals surface area contributed by atoms with Crippen LogP contribution in [0.1, 0.15) is 30.0 Å². The summed E-state index contributed by atoms with van der Waals surface area (Å²) in [6.07, 6.45) is 11.9. The Hall–Kier alpha value is -3.38. The van der Waals surface area contributed by atoms with Crippen LogP contribution in [0.5, 0.6) is 0 Å². The lowest BCUT2D eigenvalue weighted by molar-refractivity contribution is -0.750. The van der Waals surface area contributed by atoms with Crippen LogP contribution in [0.3, 0.4) is 0 Å². The molecule has 0 radical (unpaired) electrons. The first-order valence-corrected chi connectivity index (χ1v) is 10.1. The summed E-state index contributed by atoms with van der Waals surface area (Å²) in [5.41, 5.74) is 4.34. The fourth-order valence-corrected chi connectivity index (χ4v) is 4.12. The molecule has 0 aromatic heterocycles. The lowest BCUT2D eigenvalue weighted by Crippen LogP contribution is -2.53. The number of hydrogen-bond donors (Lipinski definition) is 2. The predicted octanol–water partition coefficient (Wildman–Crippen LogP) is 4.05. The average Bonchev–Trinajstić information content (AvgIpc) is 3.05. The van der Waals surface area contributed by atoms with Crippen molar-refractivity contribution in [2.45, 2.75) is 18.9 Å². The Kier molecular flexibility index (Phi) is 4.25. The lowest BCUT2D eigenvalue weighted by atomic mass is 9.84. The minimum Gasteiger partial charge on any atom is -0.380 e. The van der Waals surface area contributed by atoms with E-state index >= 15 is 0 Å². The number of rotatable bonds is 5. The fraction of sp³-hybridized carbons (Fsp3) is 0.120. The monoisotopic (exact) mass is 395 g/mol. The van der Waals surface area contributed by atoms with E-state index in [9.17, 15) is 5.11 Å². The highest BCUT2D eigenvalue weighted by Crippen LogP contribution is 2.37. The molecule has 2 aliphatic heterocycles. The normalized spacial score (nSPS) is 23.6. The van der Waals surface area contributed by atoms with Gasteiger partial charge in [-0.25, -0.2) is 0 Å². The van der Waals surface area contributed by atoms with Crippen LogP contribution in [0.2, 0.25) is 0 Å². The van der Waals surface area contributed by atoms with Gasteiger partial charge in [0.15, 0.2) is 0 Å². The molecule has 30 heavy (non-hydrogen) atoms. The summed E-state index contributed by atoms with van der Waals surface area (Å²) in [6.45, 7) is 1.99. The number of aliphatic hydroxyl groups is 1. The van der Waals surface area contributed by atoms with Crippen molar-refractivity contribution in [2.24, 2.45) is 15.8 Å². The van der Waals surface area contributed by atoms with Gasteiger partial charge in [0, 0.05) is 5.57 Å². The summed E-state index contributed by atoms with van der Waals surface area (Å²) in [7, 11) is 0. The van der Waals surface area contributed by atoms with E-state index in [2.05, 4.69) is 4.99 Å². The second kappa shape index (κ2) is 6.85. The van der Waals surface area contributed by atoms with E-state index in [1.54, 1.807) is 12.4 Å². The number of nitrogens with two attached hydrogens (primary N) is 1. The zero-order valence-electron chi connectivity index (χ0n) is 16.7. The van der Waals surface area contributed by atoms with Crippen molar-refractivity contribution in [3.05, 3.63) is 119 Å². The second-order valence-corrected chi connectivity index (χ2v) is 7.66. The van der Waals surface area contributed by atoms with Crippen molar-refractivity contribution >= 4 is 12.1 Å². The summed E-state index contributed by atoms with van der Waals surface area (Å²) in [5, 5.41) is 11.4. The molecule has 2 atom stereocenters. The quantitative estimate of drug-likeness (QED) is 0.592. The Labute approximate surface area is 175 Å². The maximum atomic E-state index is 11.4. The summed E-state index contributed by atoms with van der Waals surface area (Å²) < 4.78 is -0.0138. The van der Waals surface area contributed by atoms with E-state index in [0.29, 0.717) is 6.42 Å². The molecule has 3 aliphatic rings. The maximum absolute atomic E-state index is 11.4. The van der Waals surface area contributed by atoms with E-state index < -0.39 is 5.60 Å². The Morgan fingerprint density at radius 2 is 1.73 bits per heavy atom. The van der Waals surface area contributed by atoms with Gasteiger partial charge < -0.3 is 5.11 Å². The van der Waals surface area contributed by atoms with Crippen LogP contribution in [0, 0.1) is 0 Å². The zero-order valence-corrected chi connectivity index (χ0v) is 16.7. The zero-order chi connectivity index (χ0) is 20.8. The molecule has 2 aromatic carbocycles. The number of quaternary nitrogens is 1. The Balaban J connectivity index is 1.54. The van der Waals surface area contributed by atoms with E-state index in [1.165, 1.54) is 0 Å². The molecular weight excluding hydrogens is 372 g/mol. The van der Waals surface area contributed by atoms with Gasteiger partial charge in [0.1, 0.15) is 17.5 Å². The van der Waals surface area contributed by atoms with E-state index in [0.717, 1.165) is 39.5 Å². The van der Waals surface area contributed by atoms with E-state index in [-0.39, 0.29) is 4.59 Å². The number of aliphatic imine (C=N–C) groups is 2. The lowest BCUT2D eigenvalue weighted by Gasteiger charge is -2.29. The molecule has 5 heteroatoms. The van der Waals surface area contributed by atoms with Crippen LogP contribution < -0.4 is 5.84 Å². The van der Waals surface area contributed by atoms with Crippen LogP contribution in [0.4, 0.5) is 0 Å². The largest absolute Gasteiger partial charge is 0.380 e. The molecule has 0 saturated heterocycles. The van der Waals surface area contributed by atoms with Gasteiger partial charge in [0.2, 0.25) is 5.70 Å². The molecule has 0 amide bonds. The molecule has 2 heterocycles. The highest BCUT2D eigenvalue weighted by Gasteiger charge is 2.44. The van der Waals surface area contributed by atoms with E-state index in [1.807, 2.05) is 85.9 Å². The molecule has 2 aromatic rings. The third-order valence-electron chi connectivity index (χ3n) is 6.00. The van der Waals surface area contributed by atoms with Gasteiger partial charge in [0.25, 0.3) is 5.84 Å². The van der Waals surface area contributed by atoms with Crippen molar-refractivity contribution in [3.63, 3.8) is 0 Å². The summed E-state index contributed by atoms with van der Waals surface area (Å²) in [4.78, 5) is 9.14.